The SMILES string of the molecule is O=c1c2sccc2[nH]c(=S)n1Cc1cc(F)ccc1F. The summed E-state index contributed by atoms with van der Waals surface area (Å²) in [5, 5.41) is 1.77. The number of aromatic nitrogens is 2. The van der Waals surface area contributed by atoms with Crippen molar-refractivity contribution in [2.45, 2.75) is 6.54 Å². The topological polar surface area (TPSA) is 37.8 Å². The Morgan fingerprint density at radius 2 is 2.10 bits per heavy atom. The van der Waals surface area contributed by atoms with Crippen molar-refractivity contribution in [1.29, 1.82) is 0 Å². The van der Waals surface area contributed by atoms with Crippen LogP contribution in [0.2, 0.25) is 0 Å². The molecule has 7 heteroatoms. The molecule has 102 valence electrons. The molecular weight excluding hydrogens is 302 g/mol. The number of hydrogen-bond donors (Lipinski definition) is 1. The molecule has 0 unspecified atom stereocenters. The van der Waals surface area contributed by atoms with Gasteiger partial charge in [-0.25, -0.2) is 8.78 Å². The zero-order valence-corrected chi connectivity index (χ0v) is 11.7. The fourth-order valence-electron chi connectivity index (χ4n) is 1.95. The largest absolute Gasteiger partial charge is 0.331 e. The maximum absolute atomic E-state index is 13.6. The van der Waals surface area contributed by atoms with Crippen LogP contribution in [-0.4, -0.2) is 9.55 Å². The first-order valence-corrected chi connectivity index (χ1v) is 6.99. The van der Waals surface area contributed by atoms with Crippen molar-refractivity contribution in [2.24, 2.45) is 0 Å². The number of fused-ring (bicyclic) bond motifs is 1. The third-order valence-corrected chi connectivity index (χ3v) is 4.15. The predicted molar refractivity (Wildman–Crippen MR) is 76.7 cm³/mol. The summed E-state index contributed by atoms with van der Waals surface area (Å²) in [4.78, 5) is 15.2. The number of H-pyrrole nitrogens is 1. The van der Waals surface area contributed by atoms with Crippen molar-refractivity contribution in [1.82, 2.24) is 9.55 Å². The van der Waals surface area contributed by atoms with Crippen LogP contribution >= 0.6 is 23.6 Å². The minimum absolute atomic E-state index is 0.0857. The second-order valence-electron chi connectivity index (χ2n) is 4.22. The van der Waals surface area contributed by atoms with Gasteiger partial charge in [0.1, 0.15) is 16.3 Å². The minimum atomic E-state index is -0.570. The zero-order valence-electron chi connectivity index (χ0n) is 10.0. The number of aromatic amines is 1. The van der Waals surface area contributed by atoms with E-state index >= 15 is 0 Å². The molecule has 0 fully saturated rings. The third-order valence-electron chi connectivity index (χ3n) is 2.93. The van der Waals surface area contributed by atoms with Crippen LogP contribution in [-0.2, 0) is 6.54 Å². The molecule has 0 amide bonds. The Kier molecular flexibility index (Phi) is 3.23. The van der Waals surface area contributed by atoms with E-state index in [0.29, 0.717) is 10.2 Å². The Hall–Kier alpha value is -1.86. The van der Waals surface area contributed by atoms with Gasteiger partial charge in [-0.15, -0.1) is 11.3 Å². The average Bonchev–Trinajstić information content (AvgIpc) is 2.86. The fourth-order valence-corrected chi connectivity index (χ4v) is 3.00. The molecule has 1 N–H and O–H groups in total. The fraction of sp³-hybridized carbons (Fsp3) is 0.0769. The lowest BCUT2D eigenvalue weighted by Gasteiger charge is -2.07. The normalized spacial score (nSPS) is 11.1. The number of hydrogen-bond acceptors (Lipinski definition) is 3. The monoisotopic (exact) mass is 310 g/mol. The molecular formula is C13H8F2N2OS2. The second kappa shape index (κ2) is 4.92. The smallest absolute Gasteiger partial charge is 0.272 e. The van der Waals surface area contributed by atoms with Gasteiger partial charge in [-0.05, 0) is 41.9 Å². The first-order chi connectivity index (χ1) is 9.56. The van der Waals surface area contributed by atoms with E-state index in [2.05, 4.69) is 4.98 Å². The lowest BCUT2D eigenvalue weighted by molar-refractivity contribution is 0.573. The second-order valence-corrected chi connectivity index (χ2v) is 5.52. The van der Waals surface area contributed by atoms with E-state index in [0.717, 1.165) is 18.2 Å². The lowest BCUT2D eigenvalue weighted by Crippen LogP contribution is -2.22. The highest BCUT2D eigenvalue weighted by Gasteiger charge is 2.10. The molecule has 2 heterocycles. The maximum Gasteiger partial charge on any atom is 0.272 e. The van der Waals surface area contributed by atoms with E-state index in [9.17, 15) is 13.6 Å². The molecule has 0 bridgehead atoms. The number of benzene rings is 1. The highest BCUT2D eigenvalue weighted by Crippen LogP contribution is 2.15. The summed E-state index contributed by atoms with van der Waals surface area (Å²) < 4.78 is 28.7. The van der Waals surface area contributed by atoms with E-state index < -0.39 is 11.6 Å². The van der Waals surface area contributed by atoms with E-state index in [1.807, 2.05) is 0 Å². The van der Waals surface area contributed by atoms with Crippen molar-refractivity contribution in [2.75, 3.05) is 0 Å². The average molecular weight is 310 g/mol. The zero-order chi connectivity index (χ0) is 14.3. The van der Waals surface area contributed by atoms with Gasteiger partial charge in [-0.2, -0.15) is 0 Å². The number of halogens is 2. The minimum Gasteiger partial charge on any atom is -0.331 e. The van der Waals surface area contributed by atoms with Gasteiger partial charge in [0.05, 0.1) is 12.1 Å². The standard InChI is InChI=1S/C13H8F2N2OS2/c14-8-1-2-9(15)7(5-8)6-17-12(18)11-10(3-4-20-11)16-13(17)19/h1-5H,6H2,(H,16,19). The number of nitrogens with zero attached hydrogens (tertiary/aromatic N) is 1. The molecule has 3 nitrogen and oxygen atoms in total. The summed E-state index contributed by atoms with van der Waals surface area (Å²) in [7, 11) is 0. The van der Waals surface area contributed by atoms with Crippen molar-refractivity contribution >= 4 is 33.8 Å². The molecule has 0 saturated heterocycles. The van der Waals surface area contributed by atoms with Gasteiger partial charge in [-0.3, -0.25) is 9.36 Å². The molecule has 3 aromatic rings. The summed E-state index contributed by atoms with van der Waals surface area (Å²) in [6.45, 7) is -0.106. The first-order valence-electron chi connectivity index (χ1n) is 5.70. The molecule has 0 aliphatic carbocycles. The van der Waals surface area contributed by atoms with E-state index in [-0.39, 0.29) is 22.4 Å². The molecule has 20 heavy (non-hydrogen) atoms. The maximum atomic E-state index is 13.6. The van der Waals surface area contributed by atoms with Crippen molar-refractivity contribution in [3.63, 3.8) is 0 Å². The van der Waals surface area contributed by atoms with Gasteiger partial charge in [-0.1, -0.05) is 0 Å². The van der Waals surface area contributed by atoms with Gasteiger partial charge in [0.2, 0.25) is 0 Å². The molecule has 0 aliphatic rings. The summed E-state index contributed by atoms with van der Waals surface area (Å²) in [5.41, 5.74) is 0.436. The van der Waals surface area contributed by atoms with Crippen molar-refractivity contribution in [3.8, 4) is 0 Å². The van der Waals surface area contributed by atoms with Gasteiger partial charge in [0, 0.05) is 5.56 Å². The number of nitrogens with one attached hydrogen (secondary N) is 1. The quantitative estimate of drug-likeness (QED) is 0.736. The summed E-state index contributed by atoms with van der Waals surface area (Å²) in [6, 6.07) is 4.89. The van der Waals surface area contributed by atoms with Crippen LogP contribution in [0.25, 0.3) is 10.2 Å². The Morgan fingerprint density at radius 1 is 1.30 bits per heavy atom. The van der Waals surface area contributed by atoms with Gasteiger partial charge >= 0.3 is 0 Å². The van der Waals surface area contributed by atoms with Crippen LogP contribution in [0.15, 0.2) is 34.4 Å². The summed E-state index contributed by atoms with van der Waals surface area (Å²) >= 11 is 6.38. The van der Waals surface area contributed by atoms with Crippen molar-refractivity contribution < 1.29 is 8.78 Å². The Bertz CT molecular complexity index is 911. The molecule has 0 spiro atoms. The third kappa shape index (κ3) is 2.19. The molecule has 1 aromatic carbocycles. The molecule has 0 atom stereocenters. The van der Waals surface area contributed by atoms with Crippen LogP contribution < -0.4 is 5.56 Å². The Morgan fingerprint density at radius 3 is 2.90 bits per heavy atom. The van der Waals surface area contributed by atoms with Crippen LogP contribution in [0, 0.1) is 16.4 Å². The highest BCUT2D eigenvalue weighted by atomic mass is 32.1. The predicted octanol–water partition coefficient (Wildman–Crippen LogP) is 3.45. The number of thiophene rings is 1. The van der Waals surface area contributed by atoms with Crippen LogP contribution in [0.4, 0.5) is 8.78 Å². The van der Waals surface area contributed by atoms with Crippen LogP contribution in [0.5, 0.6) is 0 Å². The molecule has 0 aliphatic heterocycles. The summed E-state index contributed by atoms with van der Waals surface area (Å²) in [6.07, 6.45) is 0. The molecule has 0 radical (unpaired) electrons. The molecule has 3 rings (SSSR count). The Labute approximate surface area is 121 Å². The van der Waals surface area contributed by atoms with Crippen LogP contribution in [0.1, 0.15) is 5.56 Å². The summed E-state index contributed by atoms with van der Waals surface area (Å²) in [5.74, 6) is -1.12. The van der Waals surface area contributed by atoms with Gasteiger partial charge in [0.25, 0.3) is 5.56 Å². The highest BCUT2D eigenvalue weighted by molar-refractivity contribution is 7.71. The number of rotatable bonds is 2. The Balaban J connectivity index is 2.18. The van der Waals surface area contributed by atoms with E-state index in [1.54, 1.807) is 11.4 Å². The van der Waals surface area contributed by atoms with Crippen LogP contribution in [0.3, 0.4) is 0 Å². The first kappa shape index (κ1) is 13.1. The lowest BCUT2D eigenvalue weighted by atomic mass is 10.2. The van der Waals surface area contributed by atoms with Gasteiger partial charge < -0.3 is 4.98 Å². The molecule has 0 saturated carbocycles. The van der Waals surface area contributed by atoms with Gasteiger partial charge in [0.15, 0.2) is 4.77 Å². The van der Waals surface area contributed by atoms with E-state index in [4.69, 9.17) is 12.2 Å². The van der Waals surface area contributed by atoms with Crippen molar-refractivity contribution in [3.05, 3.63) is 62.0 Å². The molecule has 2 aromatic heterocycles. The van der Waals surface area contributed by atoms with E-state index in [1.165, 1.54) is 15.9 Å².